The van der Waals surface area contributed by atoms with E-state index in [2.05, 4.69) is 26.9 Å². The minimum Gasteiger partial charge on any atom is -0.344 e. The number of nitrogens with zero attached hydrogens (tertiary/aromatic N) is 4. The zero-order chi connectivity index (χ0) is 11.0. The lowest BCUT2D eigenvalue weighted by atomic mass is 10.3. The fraction of sp³-hybridized carbons (Fsp3) is 0.818. The minimum absolute atomic E-state index is 0.739. The second kappa shape index (κ2) is 4.30. The van der Waals surface area contributed by atoms with Crippen LogP contribution >= 0.6 is 11.3 Å². The molecule has 0 radical (unpaired) electrons. The summed E-state index contributed by atoms with van der Waals surface area (Å²) in [6.45, 7) is 7.92. The van der Waals surface area contributed by atoms with Crippen LogP contribution in [0.4, 0.5) is 5.13 Å². The summed E-state index contributed by atoms with van der Waals surface area (Å²) in [5, 5.41) is 11.0. The van der Waals surface area contributed by atoms with Crippen LogP contribution in [0, 0.1) is 0 Å². The number of hydrogen-bond acceptors (Lipinski definition) is 5. The summed E-state index contributed by atoms with van der Waals surface area (Å²) in [6.07, 6.45) is 2.64. The van der Waals surface area contributed by atoms with Crippen molar-refractivity contribution in [3.63, 3.8) is 0 Å². The third-order valence-corrected chi connectivity index (χ3v) is 4.59. The van der Waals surface area contributed by atoms with Crippen molar-refractivity contribution in [1.82, 2.24) is 15.1 Å². The van der Waals surface area contributed by atoms with Gasteiger partial charge in [-0.3, -0.25) is 0 Å². The Morgan fingerprint density at radius 2 is 1.94 bits per heavy atom. The lowest BCUT2D eigenvalue weighted by molar-refractivity contribution is 0.271. The summed E-state index contributed by atoms with van der Waals surface area (Å²) < 4.78 is 0. The zero-order valence-corrected chi connectivity index (χ0v) is 10.5. The molecule has 88 valence electrons. The van der Waals surface area contributed by atoms with E-state index in [1.165, 1.54) is 17.8 Å². The maximum absolute atomic E-state index is 4.33. The molecule has 1 aliphatic carbocycles. The predicted octanol–water partition coefficient (Wildman–Crippen LogP) is 1.56. The molecular weight excluding hydrogens is 220 g/mol. The van der Waals surface area contributed by atoms with E-state index in [9.17, 15) is 0 Å². The molecule has 5 heteroatoms. The van der Waals surface area contributed by atoms with E-state index in [1.54, 1.807) is 11.3 Å². The van der Waals surface area contributed by atoms with Crippen LogP contribution in [0.25, 0.3) is 0 Å². The Bertz CT molecular complexity index is 353. The van der Waals surface area contributed by atoms with Crippen molar-refractivity contribution in [2.45, 2.75) is 25.7 Å². The van der Waals surface area contributed by atoms with Gasteiger partial charge in [-0.05, 0) is 19.4 Å². The maximum Gasteiger partial charge on any atom is 0.208 e. The molecule has 0 bridgehead atoms. The fourth-order valence-corrected chi connectivity index (χ4v) is 3.17. The summed E-state index contributed by atoms with van der Waals surface area (Å²) in [4.78, 5) is 4.87. The molecule has 0 amide bonds. The molecule has 1 saturated carbocycles. The van der Waals surface area contributed by atoms with Gasteiger partial charge >= 0.3 is 0 Å². The molecule has 0 aromatic carbocycles. The molecule has 1 aliphatic heterocycles. The molecule has 0 atom stereocenters. The standard InChI is InChI=1S/C11H18N4S/c1-2-14-5-7-15(8-6-14)11-13-12-10(16-11)9-3-4-9/h9H,2-8H2,1H3. The second-order valence-electron chi connectivity index (χ2n) is 4.62. The molecule has 2 fully saturated rings. The van der Waals surface area contributed by atoms with Gasteiger partial charge in [-0.1, -0.05) is 18.3 Å². The van der Waals surface area contributed by atoms with Gasteiger partial charge in [0.05, 0.1) is 0 Å². The highest BCUT2D eigenvalue weighted by Gasteiger charge is 2.28. The lowest BCUT2D eigenvalue weighted by Gasteiger charge is -2.33. The molecule has 2 aliphatic rings. The Hall–Kier alpha value is -0.680. The van der Waals surface area contributed by atoms with Gasteiger partial charge in [0.15, 0.2) is 0 Å². The highest BCUT2D eigenvalue weighted by molar-refractivity contribution is 7.15. The van der Waals surface area contributed by atoms with E-state index in [-0.39, 0.29) is 0 Å². The summed E-state index contributed by atoms with van der Waals surface area (Å²) >= 11 is 1.80. The molecule has 0 unspecified atom stereocenters. The quantitative estimate of drug-likeness (QED) is 0.800. The van der Waals surface area contributed by atoms with Crippen molar-refractivity contribution in [1.29, 1.82) is 0 Å². The van der Waals surface area contributed by atoms with Crippen LogP contribution in [0.1, 0.15) is 30.7 Å². The van der Waals surface area contributed by atoms with E-state index in [0.29, 0.717) is 0 Å². The third-order valence-electron chi connectivity index (χ3n) is 3.45. The number of rotatable bonds is 3. The van der Waals surface area contributed by atoms with Crippen molar-refractivity contribution >= 4 is 16.5 Å². The first kappa shape index (κ1) is 10.5. The molecule has 1 aromatic heterocycles. The topological polar surface area (TPSA) is 32.3 Å². The molecule has 2 heterocycles. The molecule has 0 spiro atoms. The Balaban J connectivity index is 1.63. The van der Waals surface area contributed by atoms with Crippen LogP contribution in [-0.4, -0.2) is 47.8 Å². The van der Waals surface area contributed by atoms with E-state index < -0.39 is 0 Å². The van der Waals surface area contributed by atoms with Crippen molar-refractivity contribution in [3.05, 3.63) is 5.01 Å². The Morgan fingerprint density at radius 3 is 2.56 bits per heavy atom. The number of hydrogen-bond donors (Lipinski definition) is 0. The van der Waals surface area contributed by atoms with Crippen molar-refractivity contribution in [2.24, 2.45) is 0 Å². The molecule has 3 rings (SSSR count). The predicted molar refractivity (Wildman–Crippen MR) is 66.2 cm³/mol. The number of piperazine rings is 1. The first-order valence-corrected chi connectivity index (χ1v) is 6.99. The lowest BCUT2D eigenvalue weighted by Crippen LogP contribution is -2.46. The van der Waals surface area contributed by atoms with Gasteiger partial charge in [-0.15, -0.1) is 10.2 Å². The van der Waals surface area contributed by atoms with Gasteiger partial charge in [0.25, 0.3) is 0 Å². The summed E-state index contributed by atoms with van der Waals surface area (Å²) in [5.74, 6) is 0.739. The van der Waals surface area contributed by atoms with Crippen LogP contribution in [0.3, 0.4) is 0 Å². The highest BCUT2D eigenvalue weighted by Crippen LogP contribution is 2.42. The van der Waals surface area contributed by atoms with E-state index in [0.717, 1.165) is 43.8 Å². The first-order chi connectivity index (χ1) is 7.86. The van der Waals surface area contributed by atoms with Crippen molar-refractivity contribution in [3.8, 4) is 0 Å². The normalized spacial score (nSPS) is 22.7. The van der Waals surface area contributed by atoms with Crippen LogP contribution in [-0.2, 0) is 0 Å². The van der Waals surface area contributed by atoms with E-state index >= 15 is 0 Å². The number of aromatic nitrogens is 2. The largest absolute Gasteiger partial charge is 0.344 e. The van der Waals surface area contributed by atoms with Gasteiger partial charge in [0, 0.05) is 32.1 Å². The van der Waals surface area contributed by atoms with Crippen molar-refractivity contribution < 1.29 is 0 Å². The van der Waals surface area contributed by atoms with Gasteiger partial charge in [0.2, 0.25) is 5.13 Å². The van der Waals surface area contributed by atoms with Crippen molar-refractivity contribution in [2.75, 3.05) is 37.6 Å². The molecule has 4 nitrogen and oxygen atoms in total. The summed E-state index contributed by atoms with van der Waals surface area (Å²) in [7, 11) is 0. The van der Waals surface area contributed by atoms with E-state index in [1.807, 2.05) is 0 Å². The number of likely N-dealkylation sites (N-methyl/N-ethyl adjacent to an activating group) is 1. The van der Waals surface area contributed by atoms with Crippen LogP contribution in [0.15, 0.2) is 0 Å². The summed E-state index contributed by atoms with van der Waals surface area (Å²) in [5.41, 5.74) is 0. The first-order valence-electron chi connectivity index (χ1n) is 6.17. The minimum atomic E-state index is 0.739. The summed E-state index contributed by atoms with van der Waals surface area (Å²) in [6, 6.07) is 0. The smallest absolute Gasteiger partial charge is 0.208 e. The van der Waals surface area contributed by atoms with Gasteiger partial charge in [0.1, 0.15) is 5.01 Å². The van der Waals surface area contributed by atoms with Gasteiger partial charge in [-0.2, -0.15) is 0 Å². The number of anilines is 1. The second-order valence-corrected chi connectivity index (χ2v) is 5.61. The average Bonchev–Trinajstić information content (AvgIpc) is 3.08. The van der Waals surface area contributed by atoms with Crippen LogP contribution in [0.2, 0.25) is 0 Å². The Morgan fingerprint density at radius 1 is 1.19 bits per heavy atom. The molecule has 0 N–H and O–H groups in total. The average molecular weight is 238 g/mol. The molecule has 16 heavy (non-hydrogen) atoms. The van der Waals surface area contributed by atoms with Gasteiger partial charge < -0.3 is 9.80 Å². The Kier molecular flexibility index (Phi) is 2.81. The monoisotopic (exact) mass is 238 g/mol. The van der Waals surface area contributed by atoms with Crippen LogP contribution < -0.4 is 4.90 Å². The highest BCUT2D eigenvalue weighted by atomic mass is 32.1. The zero-order valence-electron chi connectivity index (χ0n) is 9.72. The van der Waals surface area contributed by atoms with E-state index in [4.69, 9.17) is 0 Å². The molecular formula is C11H18N4S. The maximum atomic E-state index is 4.33. The SMILES string of the molecule is CCN1CCN(c2nnc(C3CC3)s2)CC1. The Labute approximate surface area is 100 Å². The van der Waals surface area contributed by atoms with Gasteiger partial charge in [-0.25, -0.2) is 0 Å². The fourth-order valence-electron chi connectivity index (χ4n) is 2.10. The van der Waals surface area contributed by atoms with Crippen LogP contribution in [0.5, 0.6) is 0 Å². The molecule has 1 saturated heterocycles. The third kappa shape index (κ3) is 2.06. The molecule has 1 aromatic rings.